The van der Waals surface area contributed by atoms with Crippen LogP contribution in [-0.4, -0.2) is 11.0 Å². The van der Waals surface area contributed by atoms with Gasteiger partial charge in [0.15, 0.2) is 0 Å². The predicted octanol–water partition coefficient (Wildman–Crippen LogP) is 3.23. The van der Waals surface area contributed by atoms with Crippen LogP contribution in [0.15, 0.2) is 38.9 Å². The summed E-state index contributed by atoms with van der Waals surface area (Å²) in [7, 11) is 0. The monoisotopic (exact) mass is 338 g/mol. The zero-order valence-electron chi connectivity index (χ0n) is 10.4. The summed E-state index contributed by atoms with van der Waals surface area (Å²) in [5.74, 6) is 0.673. The molecular weight excluding hydrogens is 324 g/mol. The number of thiazole rings is 1. The van der Waals surface area contributed by atoms with Crippen LogP contribution in [0.5, 0.6) is 0 Å². The van der Waals surface area contributed by atoms with Crippen molar-refractivity contribution in [3.05, 3.63) is 55.0 Å². The van der Waals surface area contributed by atoms with Gasteiger partial charge in [-0.05, 0) is 36.5 Å². The number of benzene rings is 1. The third kappa shape index (κ3) is 3.16. The molecule has 2 aromatic rings. The van der Waals surface area contributed by atoms with Crippen LogP contribution in [0, 0.1) is 0 Å². The van der Waals surface area contributed by atoms with E-state index < -0.39 is 0 Å². The molecule has 0 bridgehead atoms. The molecule has 0 aliphatic heterocycles. The number of hydrogen-bond donors (Lipinski definition) is 2. The molecule has 3 nitrogen and oxygen atoms in total. The molecule has 0 unspecified atom stereocenters. The van der Waals surface area contributed by atoms with Gasteiger partial charge in [0.25, 0.3) is 0 Å². The van der Waals surface area contributed by atoms with Crippen LogP contribution in [-0.2, 0) is 6.54 Å². The molecule has 1 aliphatic carbocycles. The van der Waals surface area contributed by atoms with Gasteiger partial charge >= 0.3 is 4.87 Å². The average Bonchev–Trinajstić information content (AvgIpc) is 2.75. The summed E-state index contributed by atoms with van der Waals surface area (Å²) in [6, 6.07) is 9.16. The first-order chi connectivity index (χ1) is 9.20. The molecule has 1 aromatic carbocycles. The van der Waals surface area contributed by atoms with E-state index in [-0.39, 0.29) is 4.87 Å². The fourth-order valence-corrected chi connectivity index (χ4v) is 3.29. The fraction of sp³-hybridized carbons (Fsp3) is 0.357. The summed E-state index contributed by atoms with van der Waals surface area (Å²) in [5, 5.41) is 5.38. The maximum atomic E-state index is 11.0. The average molecular weight is 339 g/mol. The molecule has 5 heteroatoms. The van der Waals surface area contributed by atoms with Gasteiger partial charge in [0.2, 0.25) is 0 Å². The molecule has 19 heavy (non-hydrogen) atoms. The molecule has 0 amide bonds. The van der Waals surface area contributed by atoms with E-state index in [1.54, 1.807) is 0 Å². The lowest BCUT2D eigenvalue weighted by Gasteiger charge is -2.36. The third-order valence-corrected chi connectivity index (χ3v) is 4.88. The van der Waals surface area contributed by atoms with Crippen molar-refractivity contribution in [3.8, 4) is 0 Å². The first kappa shape index (κ1) is 13.1. The van der Waals surface area contributed by atoms with Crippen molar-refractivity contribution in [2.24, 2.45) is 0 Å². The van der Waals surface area contributed by atoms with Gasteiger partial charge in [0, 0.05) is 28.1 Å². The number of halogens is 1. The van der Waals surface area contributed by atoms with Gasteiger partial charge in [-0.2, -0.15) is 0 Å². The van der Waals surface area contributed by atoms with Crippen molar-refractivity contribution in [2.75, 3.05) is 0 Å². The number of rotatable bonds is 4. The molecule has 2 N–H and O–H groups in total. The van der Waals surface area contributed by atoms with E-state index in [2.05, 4.69) is 50.5 Å². The predicted molar refractivity (Wildman–Crippen MR) is 81.7 cm³/mol. The number of H-pyrrole nitrogens is 1. The smallest absolute Gasteiger partial charge is 0.304 e. The van der Waals surface area contributed by atoms with Gasteiger partial charge in [-0.15, -0.1) is 0 Å². The highest BCUT2D eigenvalue weighted by atomic mass is 79.9. The van der Waals surface area contributed by atoms with Gasteiger partial charge < -0.3 is 10.3 Å². The summed E-state index contributed by atoms with van der Waals surface area (Å²) in [4.78, 5) is 13.9. The van der Waals surface area contributed by atoms with E-state index in [0.29, 0.717) is 12.0 Å². The molecule has 0 atom stereocenters. The van der Waals surface area contributed by atoms with Crippen LogP contribution in [0.4, 0.5) is 0 Å². The zero-order chi connectivity index (χ0) is 13.2. The Labute approximate surface area is 124 Å². The van der Waals surface area contributed by atoms with Gasteiger partial charge in [-0.25, -0.2) is 0 Å². The Morgan fingerprint density at radius 2 is 2.05 bits per heavy atom. The second-order valence-electron chi connectivity index (χ2n) is 4.97. The molecule has 1 heterocycles. The number of aromatic nitrogens is 1. The second-order valence-corrected chi connectivity index (χ2v) is 6.73. The van der Waals surface area contributed by atoms with Crippen LogP contribution in [0.2, 0.25) is 0 Å². The van der Waals surface area contributed by atoms with E-state index in [1.165, 1.54) is 29.7 Å². The Bertz CT molecular complexity index is 598. The van der Waals surface area contributed by atoms with Crippen LogP contribution in [0.1, 0.15) is 30.0 Å². The normalized spacial score (nSPS) is 22.2. The molecule has 0 radical (unpaired) electrons. The van der Waals surface area contributed by atoms with E-state index in [0.717, 1.165) is 16.7 Å². The van der Waals surface area contributed by atoms with Crippen LogP contribution < -0.4 is 10.2 Å². The number of nitrogens with one attached hydrogen (secondary N) is 2. The van der Waals surface area contributed by atoms with Crippen molar-refractivity contribution >= 4 is 27.3 Å². The lowest BCUT2D eigenvalue weighted by atomic mass is 9.76. The topological polar surface area (TPSA) is 44.9 Å². The molecule has 1 fully saturated rings. The first-order valence-corrected chi connectivity index (χ1v) is 8.03. The lowest BCUT2D eigenvalue weighted by molar-refractivity contribution is 0.288. The Balaban J connectivity index is 1.47. The molecular formula is C14H15BrN2OS. The summed E-state index contributed by atoms with van der Waals surface area (Å²) >= 11 is 4.68. The van der Waals surface area contributed by atoms with E-state index >= 15 is 0 Å². The Hall–Kier alpha value is -0.910. The van der Waals surface area contributed by atoms with Crippen molar-refractivity contribution in [1.29, 1.82) is 0 Å². The van der Waals surface area contributed by atoms with Gasteiger partial charge in [0.1, 0.15) is 0 Å². The second kappa shape index (κ2) is 5.61. The van der Waals surface area contributed by atoms with Crippen LogP contribution in [0.25, 0.3) is 0 Å². The fourth-order valence-electron chi connectivity index (χ4n) is 2.45. The highest BCUT2D eigenvalue weighted by Crippen LogP contribution is 2.37. The number of aromatic amines is 1. The van der Waals surface area contributed by atoms with E-state index in [1.807, 2.05) is 5.38 Å². The minimum absolute atomic E-state index is 0.0261. The SMILES string of the molecule is O=c1[nH]c(CNC2CC(c3ccc(Br)cc3)C2)cs1. The largest absolute Gasteiger partial charge is 0.315 e. The minimum atomic E-state index is 0.0261. The Morgan fingerprint density at radius 3 is 2.68 bits per heavy atom. The summed E-state index contributed by atoms with van der Waals surface area (Å²) in [6.07, 6.45) is 2.35. The lowest BCUT2D eigenvalue weighted by Crippen LogP contribution is -2.39. The number of hydrogen-bond acceptors (Lipinski definition) is 3. The van der Waals surface area contributed by atoms with Gasteiger partial charge in [0.05, 0.1) is 0 Å². The summed E-state index contributed by atoms with van der Waals surface area (Å²) in [6.45, 7) is 0.760. The maximum Gasteiger partial charge on any atom is 0.304 e. The highest BCUT2D eigenvalue weighted by molar-refractivity contribution is 9.10. The van der Waals surface area contributed by atoms with Crippen LogP contribution >= 0.6 is 27.3 Å². The molecule has 1 aliphatic rings. The summed E-state index contributed by atoms with van der Waals surface area (Å²) in [5.41, 5.74) is 2.41. The highest BCUT2D eigenvalue weighted by Gasteiger charge is 2.29. The molecule has 1 saturated carbocycles. The molecule has 0 spiro atoms. The van der Waals surface area contributed by atoms with Crippen LogP contribution in [0.3, 0.4) is 0 Å². The third-order valence-electron chi connectivity index (χ3n) is 3.63. The van der Waals surface area contributed by atoms with E-state index in [4.69, 9.17) is 0 Å². The standard InChI is InChI=1S/C14H15BrN2OS/c15-11-3-1-9(2-4-11)10-5-12(6-10)16-7-13-8-19-14(18)17-13/h1-4,8,10,12,16H,5-7H2,(H,17,18). The summed E-state index contributed by atoms with van der Waals surface area (Å²) < 4.78 is 1.13. The van der Waals surface area contributed by atoms with Crippen molar-refractivity contribution in [1.82, 2.24) is 10.3 Å². The first-order valence-electron chi connectivity index (χ1n) is 6.36. The molecule has 100 valence electrons. The maximum absolute atomic E-state index is 11.0. The minimum Gasteiger partial charge on any atom is -0.315 e. The van der Waals surface area contributed by atoms with Crippen molar-refractivity contribution < 1.29 is 0 Å². The van der Waals surface area contributed by atoms with Crippen molar-refractivity contribution in [3.63, 3.8) is 0 Å². The molecule has 0 saturated heterocycles. The zero-order valence-corrected chi connectivity index (χ0v) is 12.8. The molecule has 3 rings (SSSR count). The van der Waals surface area contributed by atoms with Crippen molar-refractivity contribution in [2.45, 2.75) is 31.3 Å². The Kier molecular flexibility index (Phi) is 3.86. The Morgan fingerprint density at radius 1 is 1.32 bits per heavy atom. The quantitative estimate of drug-likeness (QED) is 0.898. The van der Waals surface area contributed by atoms with Gasteiger partial charge in [-0.3, -0.25) is 4.79 Å². The van der Waals surface area contributed by atoms with E-state index in [9.17, 15) is 4.79 Å². The molecule has 1 aromatic heterocycles. The van der Waals surface area contributed by atoms with Gasteiger partial charge in [-0.1, -0.05) is 39.4 Å².